The molecule has 1 saturated carbocycles. The second-order valence-corrected chi connectivity index (χ2v) is 6.23. The lowest BCUT2D eigenvalue weighted by Gasteiger charge is -2.31. The topological polar surface area (TPSA) is 41.6 Å². The summed E-state index contributed by atoms with van der Waals surface area (Å²) in [6.07, 6.45) is 7.22. The van der Waals surface area contributed by atoms with Crippen LogP contribution in [0.2, 0.25) is 0 Å². The van der Waals surface area contributed by atoms with Gasteiger partial charge in [-0.15, -0.1) is 0 Å². The van der Waals surface area contributed by atoms with Gasteiger partial charge in [0.25, 0.3) is 0 Å². The lowest BCUT2D eigenvalue weighted by Crippen LogP contribution is -2.47. The number of rotatable bonds is 4. The van der Waals surface area contributed by atoms with Crippen LogP contribution in [0.3, 0.4) is 0 Å². The molecule has 0 aromatic rings. The Labute approximate surface area is 114 Å². The third-order valence-electron chi connectivity index (χ3n) is 3.87. The Hall–Kier alpha value is -0.260. The average Bonchev–Trinajstić information content (AvgIpc) is 2.46. The third kappa shape index (κ3) is 4.14. The van der Waals surface area contributed by atoms with Crippen molar-refractivity contribution < 1.29 is 9.53 Å². The lowest BCUT2D eigenvalue weighted by atomic mass is 9.95. The van der Waals surface area contributed by atoms with Gasteiger partial charge >= 0.3 is 0 Å². The summed E-state index contributed by atoms with van der Waals surface area (Å²) in [5.41, 5.74) is 0. The first kappa shape index (κ1) is 14.2. The van der Waals surface area contributed by atoms with E-state index in [4.69, 9.17) is 4.74 Å². The van der Waals surface area contributed by atoms with E-state index in [0.29, 0.717) is 25.8 Å². The Morgan fingerprint density at radius 3 is 2.89 bits per heavy atom. The summed E-state index contributed by atoms with van der Waals surface area (Å²) in [5, 5.41) is 4.21. The third-order valence-corrected chi connectivity index (χ3v) is 4.96. The molecule has 4 nitrogen and oxygen atoms in total. The van der Waals surface area contributed by atoms with E-state index in [9.17, 15) is 4.79 Å². The number of hydrogen-bond acceptors (Lipinski definition) is 4. The fraction of sp³-hybridized carbons (Fsp3) is 0.923. The summed E-state index contributed by atoms with van der Waals surface area (Å²) >= 11 is 1.96. The first-order chi connectivity index (χ1) is 8.79. The second kappa shape index (κ2) is 7.36. The van der Waals surface area contributed by atoms with Crippen molar-refractivity contribution in [1.29, 1.82) is 0 Å². The van der Waals surface area contributed by atoms with Crippen molar-refractivity contribution >= 4 is 17.7 Å². The van der Waals surface area contributed by atoms with E-state index in [1.54, 1.807) is 0 Å². The molecule has 1 amide bonds. The van der Waals surface area contributed by atoms with E-state index >= 15 is 0 Å². The van der Waals surface area contributed by atoms with Gasteiger partial charge in [-0.1, -0.05) is 6.42 Å². The summed E-state index contributed by atoms with van der Waals surface area (Å²) in [4.78, 5) is 13.9. The summed E-state index contributed by atoms with van der Waals surface area (Å²) in [6, 6.07) is 0.529. The van der Waals surface area contributed by atoms with Crippen LogP contribution >= 0.6 is 11.8 Å². The molecule has 0 aromatic carbocycles. The zero-order valence-electron chi connectivity index (χ0n) is 11.2. The minimum absolute atomic E-state index is 0.226. The number of hydrogen-bond donors (Lipinski definition) is 1. The Morgan fingerprint density at radius 1 is 1.39 bits per heavy atom. The zero-order chi connectivity index (χ0) is 12.8. The summed E-state index contributed by atoms with van der Waals surface area (Å²) in [7, 11) is 0. The molecule has 0 bridgehead atoms. The number of ether oxygens (including phenoxy) is 1. The van der Waals surface area contributed by atoms with E-state index in [1.165, 1.54) is 25.7 Å². The molecule has 2 rings (SSSR count). The molecule has 1 N–H and O–H groups in total. The molecule has 0 radical (unpaired) electrons. The maximum absolute atomic E-state index is 12.0. The maximum Gasteiger partial charge on any atom is 0.236 e. The van der Waals surface area contributed by atoms with Gasteiger partial charge in [-0.3, -0.25) is 4.79 Å². The van der Waals surface area contributed by atoms with Crippen LogP contribution < -0.4 is 5.32 Å². The van der Waals surface area contributed by atoms with Crippen molar-refractivity contribution in [2.75, 3.05) is 39.1 Å². The first-order valence-electron chi connectivity index (χ1n) is 6.91. The zero-order valence-corrected chi connectivity index (χ0v) is 12.0. The molecule has 0 aromatic heterocycles. The van der Waals surface area contributed by atoms with Crippen molar-refractivity contribution in [3.05, 3.63) is 0 Å². The van der Waals surface area contributed by atoms with E-state index in [1.807, 2.05) is 16.7 Å². The highest BCUT2D eigenvalue weighted by Crippen LogP contribution is 2.26. The van der Waals surface area contributed by atoms with Gasteiger partial charge < -0.3 is 15.0 Å². The number of carbonyl (C=O) groups excluding carboxylic acids is 1. The average molecular weight is 272 g/mol. The predicted molar refractivity (Wildman–Crippen MR) is 75.0 cm³/mol. The maximum atomic E-state index is 12.0. The number of nitrogens with zero attached hydrogens (tertiary/aromatic N) is 1. The van der Waals surface area contributed by atoms with Crippen LogP contribution in [0.25, 0.3) is 0 Å². The molecule has 5 heteroatoms. The Morgan fingerprint density at radius 2 is 2.17 bits per heavy atom. The monoisotopic (exact) mass is 272 g/mol. The minimum Gasteiger partial charge on any atom is -0.378 e. The van der Waals surface area contributed by atoms with Crippen LogP contribution in [0.5, 0.6) is 0 Å². The molecule has 2 aliphatic rings. The van der Waals surface area contributed by atoms with Crippen LogP contribution in [0, 0.1) is 0 Å². The molecule has 2 atom stereocenters. The highest BCUT2D eigenvalue weighted by molar-refractivity contribution is 7.99. The SMILES string of the molecule is CSC1CCCC(NCC(=O)N2CCOCC2)C1. The van der Waals surface area contributed by atoms with E-state index in [0.717, 1.165) is 18.3 Å². The van der Waals surface area contributed by atoms with Gasteiger partial charge in [0.15, 0.2) is 0 Å². The predicted octanol–water partition coefficient (Wildman–Crippen LogP) is 1.11. The highest BCUT2D eigenvalue weighted by atomic mass is 32.2. The molecule has 1 aliphatic heterocycles. The molecule has 1 heterocycles. The van der Waals surface area contributed by atoms with Crippen LogP contribution in [0.15, 0.2) is 0 Å². The van der Waals surface area contributed by atoms with Gasteiger partial charge in [0.2, 0.25) is 5.91 Å². The number of nitrogens with one attached hydrogen (secondary N) is 1. The van der Waals surface area contributed by atoms with Crippen LogP contribution in [0.4, 0.5) is 0 Å². The van der Waals surface area contributed by atoms with Crippen molar-refractivity contribution in [3.63, 3.8) is 0 Å². The molecule has 2 fully saturated rings. The van der Waals surface area contributed by atoms with Crippen LogP contribution in [0.1, 0.15) is 25.7 Å². The fourth-order valence-corrected chi connectivity index (χ4v) is 3.53. The molecule has 1 aliphatic carbocycles. The van der Waals surface area contributed by atoms with Crippen molar-refractivity contribution in [2.24, 2.45) is 0 Å². The molecule has 104 valence electrons. The van der Waals surface area contributed by atoms with Gasteiger partial charge in [0.05, 0.1) is 19.8 Å². The van der Waals surface area contributed by atoms with Gasteiger partial charge in [0, 0.05) is 24.4 Å². The Kier molecular flexibility index (Phi) is 5.79. The molecule has 18 heavy (non-hydrogen) atoms. The van der Waals surface area contributed by atoms with Crippen LogP contribution in [-0.2, 0) is 9.53 Å². The van der Waals surface area contributed by atoms with Gasteiger partial charge in [-0.05, 0) is 25.5 Å². The van der Waals surface area contributed by atoms with Gasteiger partial charge in [-0.2, -0.15) is 11.8 Å². The van der Waals surface area contributed by atoms with Gasteiger partial charge in [-0.25, -0.2) is 0 Å². The van der Waals surface area contributed by atoms with Crippen molar-refractivity contribution in [1.82, 2.24) is 10.2 Å². The molecule has 0 spiro atoms. The summed E-state index contributed by atoms with van der Waals surface area (Å²) in [5.74, 6) is 0.226. The quantitative estimate of drug-likeness (QED) is 0.832. The largest absolute Gasteiger partial charge is 0.378 e. The molecular formula is C13H24N2O2S. The van der Waals surface area contributed by atoms with Crippen molar-refractivity contribution in [2.45, 2.75) is 37.0 Å². The first-order valence-corrected chi connectivity index (χ1v) is 8.20. The Balaban J connectivity index is 1.68. The molecular weight excluding hydrogens is 248 g/mol. The van der Waals surface area contributed by atoms with Crippen LogP contribution in [-0.4, -0.2) is 61.2 Å². The summed E-state index contributed by atoms with van der Waals surface area (Å²) < 4.78 is 5.26. The highest BCUT2D eigenvalue weighted by Gasteiger charge is 2.23. The number of carbonyl (C=O) groups is 1. The summed E-state index contributed by atoms with van der Waals surface area (Å²) in [6.45, 7) is 3.36. The van der Waals surface area contributed by atoms with E-state index < -0.39 is 0 Å². The molecule has 1 saturated heterocycles. The van der Waals surface area contributed by atoms with E-state index in [-0.39, 0.29) is 5.91 Å². The normalized spacial score (nSPS) is 29.3. The smallest absolute Gasteiger partial charge is 0.236 e. The number of thioether (sulfide) groups is 1. The van der Waals surface area contributed by atoms with E-state index in [2.05, 4.69) is 11.6 Å². The standard InChI is InChI=1S/C13H24N2O2S/c1-18-12-4-2-3-11(9-12)14-10-13(16)15-5-7-17-8-6-15/h11-12,14H,2-10H2,1H3. The number of morpholine rings is 1. The molecule has 2 unspecified atom stereocenters. The Bertz CT molecular complexity index is 270. The second-order valence-electron chi connectivity index (χ2n) is 5.10. The number of amides is 1. The fourth-order valence-electron chi connectivity index (χ4n) is 2.70. The lowest BCUT2D eigenvalue weighted by molar-refractivity contribution is -0.134. The van der Waals surface area contributed by atoms with Crippen molar-refractivity contribution in [3.8, 4) is 0 Å². The minimum atomic E-state index is 0.226. The van der Waals surface area contributed by atoms with Gasteiger partial charge in [0.1, 0.15) is 0 Å².